The number of carbonyl (C=O) groups excluding carboxylic acids is 1. The van der Waals surface area contributed by atoms with Gasteiger partial charge in [0, 0.05) is 26.0 Å². The molecule has 5 heteroatoms. The zero-order chi connectivity index (χ0) is 10.6. The zero-order valence-electron chi connectivity index (χ0n) is 8.74. The number of nitrogens with one attached hydrogen (secondary N) is 2. The predicted molar refractivity (Wildman–Crippen MR) is 53.9 cm³/mol. The number of amides is 2. The Labute approximate surface area is 83.5 Å². The van der Waals surface area contributed by atoms with Crippen LogP contribution in [0.2, 0.25) is 0 Å². The number of urea groups is 1. The third-order valence-corrected chi connectivity index (χ3v) is 2.05. The Balaban J connectivity index is 2.68. The molecule has 0 aliphatic rings. The van der Waals surface area contributed by atoms with E-state index in [1.165, 1.54) is 0 Å². The summed E-state index contributed by atoms with van der Waals surface area (Å²) in [6.45, 7) is 4.80. The molecule has 1 heterocycles. The summed E-state index contributed by atoms with van der Waals surface area (Å²) in [6.07, 6.45) is 3.64. The molecule has 0 aliphatic carbocycles. The van der Waals surface area contributed by atoms with E-state index in [0.717, 1.165) is 12.4 Å². The lowest BCUT2D eigenvalue weighted by molar-refractivity contribution is 0.239. The van der Waals surface area contributed by atoms with Crippen LogP contribution in [-0.4, -0.2) is 22.6 Å². The molecule has 0 radical (unpaired) electrons. The minimum Gasteiger partial charge on any atom is -0.341 e. The van der Waals surface area contributed by atoms with E-state index in [9.17, 15) is 4.79 Å². The molecule has 1 aromatic rings. The molecule has 5 nitrogen and oxygen atoms in total. The average molecular weight is 196 g/mol. The minimum atomic E-state index is -0.192. The Bertz CT molecular complexity index is 308. The lowest BCUT2D eigenvalue weighted by Gasteiger charge is -2.14. The Morgan fingerprint density at radius 2 is 2.43 bits per heavy atom. The van der Waals surface area contributed by atoms with Crippen molar-refractivity contribution >= 4 is 6.03 Å². The monoisotopic (exact) mass is 196 g/mol. The number of aryl methyl sites for hydroxylation is 1. The van der Waals surface area contributed by atoms with Gasteiger partial charge in [-0.2, -0.15) is 0 Å². The Morgan fingerprint density at radius 1 is 1.71 bits per heavy atom. The Kier molecular flexibility index (Phi) is 3.50. The van der Waals surface area contributed by atoms with Gasteiger partial charge < -0.3 is 15.2 Å². The molecule has 0 saturated heterocycles. The van der Waals surface area contributed by atoms with E-state index in [4.69, 9.17) is 0 Å². The first-order valence-corrected chi connectivity index (χ1v) is 4.68. The first-order valence-electron chi connectivity index (χ1n) is 4.68. The van der Waals surface area contributed by atoms with Gasteiger partial charge in [-0.25, -0.2) is 9.78 Å². The van der Waals surface area contributed by atoms with E-state index in [-0.39, 0.29) is 12.1 Å². The molecule has 0 aliphatic heterocycles. The van der Waals surface area contributed by atoms with Crippen molar-refractivity contribution in [1.82, 2.24) is 20.2 Å². The molecule has 2 N–H and O–H groups in total. The molecular weight excluding hydrogens is 180 g/mol. The maximum Gasteiger partial charge on any atom is 0.315 e. The fraction of sp³-hybridized carbons (Fsp3) is 0.556. The van der Waals surface area contributed by atoms with Crippen LogP contribution in [0.4, 0.5) is 4.79 Å². The van der Waals surface area contributed by atoms with Gasteiger partial charge in [0.2, 0.25) is 0 Å². The summed E-state index contributed by atoms with van der Waals surface area (Å²) < 4.78 is 2.00. The van der Waals surface area contributed by atoms with Gasteiger partial charge >= 0.3 is 6.03 Å². The summed E-state index contributed by atoms with van der Waals surface area (Å²) in [7, 11) is 1.59. The molecule has 0 spiro atoms. The number of carbonyl (C=O) groups is 1. The fourth-order valence-electron chi connectivity index (χ4n) is 1.30. The van der Waals surface area contributed by atoms with Crippen LogP contribution in [0.3, 0.4) is 0 Å². The Hall–Kier alpha value is -1.52. The molecular formula is C9H16N4O. The van der Waals surface area contributed by atoms with E-state index in [0.29, 0.717) is 0 Å². The highest BCUT2D eigenvalue weighted by molar-refractivity contribution is 5.73. The SMILES string of the molecule is CCn1ccnc1C(C)NC(=O)NC. The summed E-state index contributed by atoms with van der Waals surface area (Å²) >= 11 is 0. The molecule has 78 valence electrons. The number of hydrogen-bond donors (Lipinski definition) is 2. The summed E-state index contributed by atoms with van der Waals surface area (Å²) in [4.78, 5) is 15.3. The second-order valence-corrected chi connectivity index (χ2v) is 3.02. The first kappa shape index (κ1) is 10.6. The number of imidazole rings is 1. The molecule has 1 unspecified atom stereocenters. The van der Waals surface area contributed by atoms with E-state index in [1.807, 2.05) is 24.6 Å². The highest BCUT2D eigenvalue weighted by Gasteiger charge is 2.12. The standard InChI is InChI=1S/C9H16N4O/c1-4-13-6-5-11-8(13)7(2)12-9(14)10-3/h5-7H,4H2,1-3H3,(H2,10,12,14). The van der Waals surface area contributed by atoms with Crippen molar-refractivity contribution < 1.29 is 4.79 Å². The molecule has 0 aromatic carbocycles. The number of nitrogens with zero attached hydrogens (tertiary/aromatic N) is 2. The highest BCUT2D eigenvalue weighted by atomic mass is 16.2. The van der Waals surface area contributed by atoms with E-state index < -0.39 is 0 Å². The van der Waals surface area contributed by atoms with Crippen LogP contribution in [0.25, 0.3) is 0 Å². The van der Waals surface area contributed by atoms with Crippen LogP contribution in [-0.2, 0) is 6.54 Å². The molecule has 0 saturated carbocycles. The molecule has 1 rings (SSSR count). The maximum atomic E-state index is 11.1. The van der Waals surface area contributed by atoms with Gasteiger partial charge in [0.25, 0.3) is 0 Å². The lowest BCUT2D eigenvalue weighted by Crippen LogP contribution is -2.35. The van der Waals surface area contributed by atoms with Gasteiger partial charge in [-0.15, -0.1) is 0 Å². The van der Waals surface area contributed by atoms with Crippen molar-refractivity contribution in [3.8, 4) is 0 Å². The van der Waals surface area contributed by atoms with Crippen LogP contribution in [0, 0.1) is 0 Å². The molecule has 1 aromatic heterocycles. The van der Waals surface area contributed by atoms with Crippen LogP contribution in [0.5, 0.6) is 0 Å². The van der Waals surface area contributed by atoms with Crippen molar-refractivity contribution in [2.75, 3.05) is 7.05 Å². The first-order chi connectivity index (χ1) is 6.69. The molecule has 2 amide bonds. The third kappa shape index (κ3) is 2.25. The van der Waals surface area contributed by atoms with Crippen LogP contribution < -0.4 is 10.6 Å². The summed E-state index contributed by atoms with van der Waals surface area (Å²) in [5.74, 6) is 0.871. The molecule has 14 heavy (non-hydrogen) atoms. The minimum absolute atomic E-state index is 0.0788. The van der Waals surface area contributed by atoms with E-state index >= 15 is 0 Å². The second-order valence-electron chi connectivity index (χ2n) is 3.02. The van der Waals surface area contributed by atoms with Gasteiger partial charge in [0.1, 0.15) is 5.82 Å². The molecule has 0 fully saturated rings. The summed E-state index contributed by atoms with van der Waals surface area (Å²) in [5.41, 5.74) is 0. The van der Waals surface area contributed by atoms with Gasteiger partial charge in [0.05, 0.1) is 6.04 Å². The van der Waals surface area contributed by atoms with Crippen molar-refractivity contribution in [1.29, 1.82) is 0 Å². The third-order valence-electron chi connectivity index (χ3n) is 2.05. The van der Waals surface area contributed by atoms with Gasteiger partial charge in [-0.05, 0) is 13.8 Å². The second kappa shape index (κ2) is 4.64. The van der Waals surface area contributed by atoms with Crippen molar-refractivity contribution in [3.63, 3.8) is 0 Å². The average Bonchev–Trinajstić information content (AvgIpc) is 2.65. The highest BCUT2D eigenvalue weighted by Crippen LogP contribution is 2.09. The summed E-state index contributed by atoms with van der Waals surface area (Å²) in [6, 6.07) is -0.270. The lowest BCUT2D eigenvalue weighted by atomic mass is 10.3. The van der Waals surface area contributed by atoms with Crippen LogP contribution >= 0.6 is 0 Å². The maximum absolute atomic E-state index is 11.1. The number of hydrogen-bond acceptors (Lipinski definition) is 2. The fourth-order valence-corrected chi connectivity index (χ4v) is 1.30. The topological polar surface area (TPSA) is 59.0 Å². The zero-order valence-corrected chi connectivity index (χ0v) is 8.74. The van der Waals surface area contributed by atoms with Gasteiger partial charge in [-0.1, -0.05) is 0 Å². The van der Waals surface area contributed by atoms with Crippen molar-refractivity contribution in [3.05, 3.63) is 18.2 Å². The largest absolute Gasteiger partial charge is 0.341 e. The van der Waals surface area contributed by atoms with Crippen molar-refractivity contribution in [2.24, 2.45) is 0 Å². The summed E-state index contributed by atoms with van der Waals surface area (Å²) in [5, 5.41) is 5.28. The van der Waals surface area contributed by atoms with Crippen LogP contribution in [0.15, 0.2) is 12.4 Å². The van der Waals surface area contributed by atoms with Gasteiger partial charge in [0.15, 0.2) is 0 Å². The molecule has 1 atom stereocenters. The van der Waals surface area contributed by atoms with E-state index in [1.54, 1.807) is 13.2 Å². The van der Waals surface area contributed by atoms with E-state index in [2.05, 4.69) is 15.6 Å². The van der Waals surface area contributed by atoms with Crippen LogP contribution in [0.1, 0.15) is 25.7 Å². The predicted octanol–water partition coefficient (Wildman–Crippen LogP) is 0.893. The number of aromatic nitrogens is 2. The number of rotatable bonds is 3. The smallest absolute Gasteiger partial charge is 0.315 e. The quantitative estimate of drug-likeness (QED) is 0.754. The Morgan fingerprint density at radius 3 is 3.00 bits per heavy atom. The molecule has 0 bridgehead atoms. The van der Waals surface area contributed by atoms with Crippen molar-refractivity contribution in [2.45, 2.75) is 26.4 Å². The normalized spacial score (nSPS) is 12.2. The van der Waals surface area contributed by atoms with Gasteiger partial charge in [-0.3, -0.25) is 0 Å².